The summed E-state index contributed by atoms with van der Waals surface area (Å²) in [6.07, 6.45) is 96.6. The lowest BCUT2D eigenvalue weighted by Crippen LogP contribution is -2.37. The quantitative estimate of drug-likeness (QED) is 0.0211. The second-order valence-corrected chi connectivity index (χ2v) is 27.0. The fourth-order valence-electron chi connectivity index (χ4n) is 10.2. The maximum absolute atomic E-state index is 12.9. The van der Waals surface area contributed by atoms with Gasteiger partial charge < -0.3 is 18.9 Å². The van der Waals surface area contributed by atoms with Crippen LogP contribution < -0.4 is 0 Å². The molecule has 0 bridgehead atoms. The SMILES string of the molecule is CC/C=C\C/C=C\C/C=C\C/C=C\C/C=C\C/C=C\C/C=C\C/C=C\CCCCC(=O)OC(COC(=O)CCCCCCCCCCCCCCCCCCCCCCCCCCC/C=C\CCCCCCCCCC)COP(=O)(O)OCC[N+](C)(C)C. The molecule has 2 atom stereocenters. The average molecular weight is 1250 g/mol. The highest BCUT2D eigenvalue weighted by Gasteiger charge is 2.27. The standard InChI is InChI=1S/C78H138NO8P/c1-6-8-10-12-14-16-18-20-22-24-26-28-30-32-34-35-36-37-38-39-40-41-42-43-45-46-48-50-52-54-56-58-60-62-64-66-68-70-77(80)84-74-76(75-86-88(82,83)85-73-72-79(3,4)5)87-78(81)71-69-67-65-63-61-59-57-55-53-51-49-47-44-33-31-29-27-25-23-21-19-17-15-13-11-9-7-2/h9,11,15,17,21,23-24,26-27,29,33,44,49,51,55,57,61,63,76H,6-8,10,12-14,16,18-20,22,25,28,30-32,34-43,45-48,50,52-54,56,58-60,62,64-75H2,1-5H3/p+1/b11-9-,17-15-,23-21-,26-24-,29-27-,44-33-,51-49-,57-55-,63-61-. The molecule has 0 amide bonds. The molecule has 0 aromatic carbocycles. The maximum Gasteiger partial charge on any atom is 0.472 e. The van der Waals surface area contributed by atoms with Crippen LogP contribution in [0.15, 0.2) is 109 Å². The van der Waals surface area contributed by atoms with Gasteiger partial charge in [0.05, 0.1) is 27.7 Å². The van der Waals surface area contributed by atoms with Crippen molar-refractivity contribution in [1.82, 2.24) is 0 Å². The Labute approximate surface area is 544 Å². The number of carbonyl (C=O) groups excluding carboxylic acids is 2. The molecule has 9 nitrogen and oxygen atoms in total. The van der Waals surface area contributed by atoms with Crippen LogP contribution in [-0.2, 0) is 32.7 Å². The second-order valence-electron chi connectivity index (χ2n) is 25.6. The van der Waals surface area contributed by atoms with E-state index >= 15 is 0 Å². The van der Waals surface area contributed by atoms with Crippen molar-refractivity contribution in [2.45, 2.75) is 328 Å². The number of hydrogen-bond donors (Lipinski definition) is 1. The minimum atomic E-state index is -4.41. The number of carbonyl (C=O) groups is 2. The molecule has 0 rings (SSSR count). The summed E-state index contributed by atoms with van der Waals surface area (Å²) >= 11 is 0. The minimum absolute atomic E-state index is 0.0187. The third-order valence-corrected chi connectivity index (χ3v) is 16.8. The zero-order valence-corrected chi connectivity index (χ0v) is 58.8. The van der Waals surface area contributed by atoms with Crippen LogP contribution in [0.25, 0.3) is 0 Å². The van der Waals surface area contributed by atoms with Crippen LogP contribution in [0, 0.1) is 0 Å². The molecule has 0 fully saturated rings. The van der Waals surface area contributed by atoms with Gasteiger partial charge in [-0.2, -0.15) is 0 Å². The van der Waals surface area contributed by atoms with Crippen LogP contribution in [0.4, 0.5) is 0 Å². The van der Waals surface area contributed by atoms with Crippen molar-refractivity contribution in [2.24, 2.45) is 0 Å². The first kappa shape index (κ1) is 84.7. The Kier molecular flexibility index (Phi) is 65.5. The topological polar surface area (TPSA) is 108 Å². The molecule has 508 valence electrons. The number of rotatable bonds is 67. The number of phosphoric ester groups is 1. The van der Waals surface area contributed by atoms with Crippen molar-refractivity contribution in [1.29, 1.82) is 0 Å². The third-order valence-electron chi connectivity index (χ3n) is 15.8. The number of allylic oxidation sites excluding steroid dienone is 18. The van der Waals surface area contributed by atoms with Gasteiger partial charge in [-0.3, -0.25) is 18.6 Å². The summed E-state index contributed by atoms with van der Waals surface area (Å²) in [6.45, 7) is 4.29. The molecule has 0 aliphatic heterocycles. The lowest BCUT2D eigenvalue weighted by molar-refractivity contribution is -0.870. The summed E-state index contributed by atoms with van der Waals surface area (Å²) in [5.74, 6) is -0.844. The van der Waals surface area contributed by atoms with Gasteiger partial charge in [0.2, 0.25) is 0 Å². The number of nitrogens with zero attached hydrogens (tertiary/aromatic N) is 1. The number of hydrogen-bond acceptors (Lipinski definition) is 7. The number of likely N-dealkylation sites (N-methyl/N-ethyl adjacent to an activating group) is 1. The molecule has 0 aromatic rings. The molecule has 0 saturated heterocycles. The first-order chi connectivity index (χ1) is 43.0. The maximum atomic E-state index is 12.9. The first-order valence-corrected chi connectivity index (χ1v) is 38.1. The molecule has 0 aliphatic rings. The van der Waals surface area contributed by atoms with E-state index in [1.165, 1.54) is 205 Å². The van der Waals surface area contributed by atoms with Crippen molar-refractivity contribution in [3.05, 3.63) is 109 Å². The molecule has 10 heteroatoms. The van der Waals surface area contributed by atoms with Gasteiger partial charge in [0.15, 0.2) is 6.10 Å². The van der Waals surface area contributed by atoms with E-state index in [0.29, 0.717) is 17.4 Å². The molecule has 0 spiro atoms. The Morgan fingerprint density at radius 3 is 1.00 bits per heavy atom. The predicted molar refractivity (Wildman–Crippen MR) is 381 cm³/mol. The zero-order valence-electron chi connectivity index (χ0n) is 57.9. The minimum Gasteiger partial charge on any atom is -0.462 e. The highest BCUT2D eigenvalue weighted by Crippen LogP contribution is 2.43. The van der Waals surface area contributed by atoms with E-state index in [4.69, 9.17) is 18.5 Å². The van der Waals surface area contributed by atoms with Crippen molar-refractivity contribution in [3.8, 4) is 0 Å². The Morgan fingerprint density at radius 2 is 0.648 bits per heavy atom. The van der Waals surface area contributed by atoms with E-state index < -0.39 is 26.5 Å². The van der Waals surface area contributed by atoms with Gasteiger partial charge in [-0.05, 0) is 103 Å². The molecule has 0 heterocycles. The van der Waals surface area contributed by atoms with Gasteiger partial charge in [-0.1, -0.05) is 316 Å². The summed E-state index contributed by atoms with van der Waals surface area (Å²) in [5.41, 5.74) is 0. The highest BCUT2D eigenvalue weighted by atomic mass is 31.2. The second kappa shape index (κ2) is 68.0. The van der Waals surface area contributed by atoms with Crippen molar-refractivity contribution >= 4 is 19.8 Å². The van der Waals surface area contributed by atoms with Crippen LogP contribution in [-0.4, -0.2) is 74.9 Å². The molecule has 2 unspecified atom stereocenters. The van der Waals surface area contributed by atoms with E-state index in [1.54, 1.807) is 0 Å². The predicted octanol–water partition coefficient (Wildman–Crippen LogP) is 24.1. The Bertz CT molecular complexity index is 1850. The Hall–Kier alpha value is -3.33. The molecule has 1 N–H and O–H groups in total. The molecule has 0 aromatic heterocycles. The molecule has 0 saturated carbocycles. The van der Waals surface area contributed by atoms with Crippen LogP contribution in [0.3, 0.4) is 0 Å². The van der Waals surface area contributed by atoms with E-state index in [9.17, 15) is 19.0 Å². The summed E-state index contributed by atoms with van der Waals surface area (Å²) in [6, 6.07) is 0. The Balaban J connectivity index is 4.04. The fourth-order valence-corrected chi connectivity index (χ4v) is 10.9. The number of quaternary nitrogens is 1. The van der Waals surface area contributed by atoms with Crippen molar-refractivity contribution < 1.29 is 42.1 Å². The summed E-state index contributed by atoms with van der Waals surface area (Å²) in [4.78, 5) is 35.9. The molecule has 0 aliphatic carbocycles. The van der Waals surface area contributed by atoms with E-state index in [2.05, 4.69) is 123 Å². The van der Waals surface area contributed by atoms with Crippen molar-refractivity contribution in [2.75, 3.05) is 47.5 Å². The Morgan fingerprint density at radius 1 is 0.364 bits per heavy atom. The van der Waals surface area contributed by atoms with Gasteiger partial charge >= 0.3 is 19.8 Å². The van der Waals surface area contributed by atoms with E-state index in [0.717, 1.165) is 83.5 Å². The van der Waals surface area contributed by atoms with Crippen LogP contribution >= 0.6 is 7.82 Å². The first-order valence-electron chi connectivity index (χ1n) is 36.6. The third kappa shape index (κ3) is 71.7. The monoisotopic (exact) mass is 1250 g/mol. The normalized spacial score (nSPS) is 13.8. The van der Waals surface area contributed by atoms with E-state index in [-0.39, 0.29) is 32.0 Å². The largest absolute Gasteiger partial charge is 0.472 e. The van der Waals surface area contributed by atoms with Gasteiger partial charge in [0.1, 0.15) is 19.8 Å². The zero-order chi connectivity index (χ0) is 64.1. The van der Waals surface area contributed by atoms with Crippen LogP contribution in [0.2, 0.25) is 0 Å². The highest BCUT2D eigenvalue weighted by molar-refractivity contribution is 7.47. The number of unbranched alkanes of at least 4 members (excludes halogenated alkanes) is 35. The van der Waals surface area contributed by atoms with Gasteiger partial charge in [0.25, 0.3) is 0 Å². The smallest absolute Gasteiger partial charge is 0.462 e. The molecular weight excluding hydrogens is 1110 g/mol. The van der Waals surface area contributed by atoms with Crippen molar-refractivity contribution in [3.63, 3.8) is 0 Å². The lowest BCUT2D eigenvalue weighted by Gasteiger charge is -2.24. The lowest BCUT2D eigenvalue weighted by atomic mass is 10.0. The number of esters is 2. The summed E-state index contributed by atoms with van der Waals surface area (Å²) in [7, 11) is 1.44. The average Bonchev–Trinajstić information content (AvgIpc) is 3.60. The van der Waals surface area contributed by atoms with Crippen LogP contribution in [0.1, 0.15) is 322 Å². The fraction of sp³-hybridized carbons (Fsp3) is 0.744. The van der Waals surface area contributed by atoms with E-state index in [1.807, 2.05) is 21.1 Å². The summed E-state index contributed by atoms with van der Waals surface area (Å²) in [5, 5.41) is 0. The van der Waals surface area contributed by atoms with Gasteiger partial charge in [0, 0.05) is 12.8 Å². The van der Waals surface area contributed by atoms with Gasteiger partial charge in [-0.25, -0.2) is 4.57 Å². The molecular formula is C78H139NO8P+. The van der Waals surface area contributed by atoms with Crippen LogP contribution in [0.5, 0.6) is 0 Å². The molecule has 88 heavy (non-hydrogen) atoms. The number of ether oxygens (including phenoxy) is 2. The summed E-state index contributed by atoms with van der Waals surface area (Å²) < 4.78 is 34.7. The van der Waals surface area contributed by atoms with Gasteiger partial charge in [-0.15, -0.1) is 0 Å². The number of phosphoric acid groups is 1. The molecule has 0 radical (unpaired) electrons.